The quantitative estimate of drug-likeness (QED) is 0.837. The van der Waals surface area contributed by atoms with Crippen LogP contribution in [0.3, 0.4) is 0 Å². The summed E-state index contributed by atoms with van der Waals surface area (Å²) < 4.78 is 50.6. The van der Waals surface area contributed by atoms with Crippen molar-refractivity contribution in [3.05, 3.63) is 17.9 Å². The molecule has 0 saturated heterocycles. The number of nitrogens with zero attached hydrogens (tertiary/aromatic N) is 1. The van der Waals surface area contributed by atoms with E-state index in [1.165, 1.54) is 31.6 Å². The molecule has 0 unspecified atom stereocenters. The van der Waals surface area contributed by atoms with Gasteiger partial charge in [0.15, 0.2) is 11.5 Å². The van der Waals surface area contributed by atoms with Crippen molar-refractivity contribution >= 4 is 10.0 Å². The first-order chi connectivity index (χ1) is 9.91. The Balaban J connectivity index is 2.44. The van der Waals surface area contributed by atoms with E-state index in [2.05, 4.69) is 0 Å². The summed E-state index contributed by atoms with van der Waals surface area (Å²) in [5.74, 6) is -0.479. The average Bonchev–Trinajstić information content (AvgIpc) is 2.99. The van der Waals surface area contributed by atoms with Crippen LogP contribution in [0.25, 0.3) is 0 Å². The van der Waals surface area contributed by atoms with E-state index in [0.29, 0.717) is 0 Å². The van der Waals surface area contributed by atoms with E-state index in [1.54, 1.807) is 0 Å². The van der Waals surface area contributed by atoms with E-state index in [-0.39, 0.29) is 22.4 Å². The van der Waals surface area contributed by atoms with Crippen molar-refractivity contribution < 1.29 is 22.3 Å². The number of halogens is 1. The Morgan fingerprint density at radius 2 is 1.67 bits per heavy atom. The molecule has 0 aromatic heterocycles. The number of hydrogen-bond donors (Lipinski definition) is 0. The highest BCUT2D eigenvalue weighted by molar-refractivity contribution is 7.89. The van der Waals surface area contributed by atoms with Gasteiger partial charge in [-0.05, 0) is 12.8 Å². The molecule has 2 rings (SSSR count). The predicted octanol–water partition coefficient (Wildman–Crippen LogP) is 2.41. The molecule has 1 aromatic carbocycles. The molecule has 7 heteroatoms. The lowest BCUT2D eigenvalue weighted by molar-refractivity contribution is 0.347. The van der Waals surface area contributed by atoms with Gasteiger partial charge in [-0.2, -0.15) is 4.31 Å². The van der Waals surface area contributed by atoms with Gasteiger partial charge in [-0.15, -0.1) is 0 Å². The molecule has 0 bridgehead atoms. The van der Waals surface area contributed by atoms with Crippen molar-refractivity contribution in [2.75, 3.05) is 21.3 Å². The Morgan fingerprint density at radius 3 is 2.19 bits per heavy atom. The molecule has 0 amide bonds. The Hall–Kier alpha value is -1.34. The van der Waals surface area contributed by atoms with Crippen molar-refractivity contribution in [1.29, 1.82) is 0 Å². The first kappa shape index (κ1) is 16.0. The normalized spacial score (nSPS) is 16.4. The van der Waals surface area contributed by atoms with Gasteiger partial charge < -0.3 is 9.47 Å². The second-order valence-corrected chi connectivity index (χ2v) is 7.06. The largest absolute Gasteiger partial charge is 0.493 e. The molecule has 1 saturated carbocycles. The smallest absolute Gasteiger partial charge is 0.246 e. The molecular formula is C14H20FNO4S. The van der Waals surface area contributed by atoms with Crippen LogP contribution in [0, 0.1) is 5.82 Å². The summed E-state index contributed by atoms with van der Waals surface area (Å²) in [6.45, 7) is 0. The molecule has 0 aliphatic heterocycles. The van der Waals surface area contributed by atoms with Gasteiger partial charge in [0.25, 0.3) is 0 Å². The zero-order chi connectivity index (χ0) is 15.6. The molecule has 0 radical (unpaired) electrons. The Kier molecular flexibility index (Phi) is 4.73. The highest BCUT2D eigenvalue weighted by atomic mass is 32.2. The van der Waals surface area contributed by atoms with Crippen LogP contribution in [0.1, 0.15) is 25.7 Å². The second-order valence-electron chi connectivity index (χ2n) is 5.10. The van der Waals surface area contributed by atoms with Gasteiger partial charge in [0.2, 0.25) is 10.0 Å². The number of benzene rings is 1. The molecule has 0 N–H and O–H groups in total. The summed E-state index contributed by atoms with van der Waals surface area (Å²) in [5, 5.41) is 0. The van der Waals surface area contributed by atoms with Crippen LogP contribution in [0.15, 0.2) is 17.0 Å². The Bertz CT molecular complexity index is 612. The number of methoxy groups -OCH3 is 2. The van der Waals surface area contributed by atoms with Crippen molar-refractivity contribution in [3.63, 3.8) is 0 Å². The summed E-state index contributed by atoms with van der Waals surface area (Å²) in [6.07, 6.45) is 3.62. The molecule has 1 aliphatic carbocycles. The number of rotatable bonds is 5. The molecule has 1 aliphatic rings. The van der Waals surface area contributed by atoms with Crippen LogP contribution in [0.4, 0.5) is 4.39 Å². The lowest BCUT2D eigenvalue weighted by atomic mass is 10.3. The highest BCUT2D eigenvalue weighted by Crippen LogP contribution is 2.34. The number of hydrogen-bond acceptors (Lipinski definition) is 4. The average molecular weight is 317 g/mol. The predicted molar refractivity (Wildman–Crippen MR) is 76.7 cm³/mol. The third kappa shape index (κ3) is 2.98. The van der Waals surface area contributed by atoms with Crippen LogP contribution in [0.2, 0.25) is 0 Å². The zero-order valence-corrected chi connectivity index (χ0v) is 13.2. The van der Waals surface area contributed by atoms with Crippen LogP contribution in [0.5, 0.6) is 11.5 Å². The molecule has 0 spiro atoms. The lowest BCUT2D eigenvalue weighted by Crippen LogP contribution is -2.35. The third-order valence-corrected chi connectivity index (χ3v) is 5.86. The monoisotopic (exact) mass is 317 g/mol. The molecule has 0 atom stereocenters. The first-order valence-electron chi connectivity index (χ1n) is 6.81. The van der Waals surface area contributed by atoms with Crippen molar-refractivity contribution in [2.24, 2.45) is 0 Å². The van der Waals surface area contributed by atoms with Gasteiger partial charge in [-0.3, -0.25) is 0 Å². The second kappa shape index (κ2) is 6.19. The molecule has 21 heavy (non-hydrogen) atoms. The molecule has 118 valence electrons. The minimum atomic E-state index is -3.89. The minimum absolute atomic E-state index is 0.0671. The highest BCUT2D eigenvalue weighted by Gasteiger charge is 2.32. The van der Waals surface area contributed by atoms with Crippen molar-refractivity contribution in [3.8, 4) is 11.5 Å². The van der Waals surface area contributed by atoms with Crippen LogP contribution in [-0.2, 0) is 10.0 Å². The van der Waals surface area contributed by atoms with Gasteiger partial charge in [0.05, 0.1) is 14.2 Å². The maximum atomic E-state index is 14.2. The summed E-state index contributed by atoms with van der Waals surface area (Å²) in [5.41, 5.74) is 0. The van der Waals surface area contributed by atoms with Crippen molar-refractivity contribution in [2.45, 2.75) is 36.6 Å². The third-order valence-electron chi connectivity index (χ3n) is 3.93. The van der Waals surface area contributed by atoms with Crippen LogP contribution >= 0.6 is 0 Å². The van der Waals surface area contributed by atoms with Gasteiger partial charge in [-0.25, -0.2) is 12.8 Å². The summed E-state index contributed by atoms with van der Waals surface area (Å²) in [6, 6.07) is 2.14. The standard InChI is InChI=1S/C14H20FNO4S/c1-16(10-6-4-5-7-10)21(17,18)14-9-13(20-3)12(19-2)8-11(14)15/h8-10H,4-7H2,1-3H3. The number of sulfonamides is 1. The molecule has 1 aromatic rings. The van der Waals surface area contributed by atoms with E-state index in [1.807, 2.05) is 0 Å². The van der Waals surface area contributed by atoms with Gasteiger partial charge >= 0.3 is 0 Å². The lowest BCUT2D eigenvalue weighted by Gasteiger charge is -2.24. The van der Waals surface area contributed by atoms with E-state index < -0.39 is 15.8 Å². The van der Waals surface area contributed by atoms with E-state index >= 15 is 0 Å². The molecule has 1 fully saturated rings. The molecular weight excluding hydrogens is 297 g/mol. The van der Waals surface area contributed by atoms with Gasteiger partial charge in [0.1, 0.15) is 10.7 Å². The minimum Gasteiger partial charge on any atom is -0.493 e. The Labute approximate surface area is 124 Å². The topological polar surface area (TPSA) is 55.8 Å². The van der Waals surface area contributed by atoms with Gasteiger partial charge in [0, 0.05) is 25.2 Å². The van der Waals surface area contributed by atoms with Crippen molar-refractivity contribution in [1.82, 2.24) is 4.31 Å². The summed E-state index contributed by atoms with van der Waals surface area (Å²) >= 11 is 0. The van der Waals surface area contributed by atoms with Crippen LogP contribution < -0.4 is 9.47 Å². The summed E-state index contributed by atoms with van der Waals surface area (Å²) in [7, 11) is 0.367. The zero-order valence-electron chi connectivity index (χ0n) is 12.4. The maximum Gasteiger partial charge on any atom is 0.246 e. The van der Waals surface area contributed by atoms with E-state index in [0.717, 1.165) is 31.7 Å². The molecule has 5 nitrogen and oxygen atoms in total. The van der Waals surface area contributed by atoms with Crippen LogP contribution in [-0.4, -0.2) is 40.0 Å². The Morgan fingerprint density at radius 1 is 1.14 bits per heavy atom. The fourth-order valence-electron chi connectivity index (χ4n) is 2.65. The SMILES string of the molecule is COc1cc(F)c(S(=O)(=O)N(C)C2CCCC2)cc1OC. The number of ether oxygens (including phenoxy) is 2. The fraction of sp³-hybridized carbons (Fsp3) is 0.571. The van der Waals surface area contributed by atoms with E-state index in [4.69, 9.17) is 9.47 Å². The summed E-state index contributed by atoms with van der Waals surface area (Å²) in [4.78, 5) is -0.380. The first-order valence-corrected chi connectivity index (χ1v) is 8.25. The van der Waals surface area contributed by atoms with Gasteiger partial charge in [-0.1, -0.05) is 12.8 Å². The molecule has 0 heterocycles. The maximum absolute atomic E-state index is 14.2. The fourth-order valence-corrected chi connectivity index (χ4v) is 4.13. The van der Waals surface area contributed by atoms with E-state index in [9.17, 15) is 12.8 Å².